The molecule has 2 N–H and O–H groups in total. The second kappa shape index (κ2) is 9.09. The van der Waals surface area contributed by atoms with Gasteiger partial charge in [0.15, 0.2) is 17.3 Å². The van der Waals surface area contributed by atoms with E-state index in [2.05, 4.69) is 33.4 Å². The predicted molar refractivity (Wildman–Crippen MR) is 134 cm³/mol. The monoisotopic (exact) mass is 471 g/mol. The van der Waals surface area contributed by atoms with Crippen LogP contribution in [0, 0.1) is 6.92 Å². The molecule has 0 bridgehead atoms. The predicted octanol–water partition coefficient (Wildman–Crippen LogP) is 4.35. The molecule has 4 aromatic rings. The molecule has 1 aliphatic rings. The number of rotatable bonds is 6. The minimum Gasteiger partial charge on any atom is -0.486 e. The highest BCUT2D eigenvalue weighted by Crippen LogP contribution is 2.37. The smallest absolute Gasteiger partial charge is 0.328 e. The van der Waals surface area contributed by atoms with E-state index in [-0.39, 0.29) is 0 Å². The quantitative estimate of drug-likeness (QED) is 0.402. The molecule has 0 radical (unpaired) electrons. The van der Waals surface area contributed by atoms with Gasteiger partial charge in [0.25, 0.3) is 0 Å². The number of aryl methyl sites for hydroxylation is 1. The van der Waals surface area contributed by atoms with Crippen molar-refractivity contribution in [3.8, 4) is 22.6 Å². The van der Waals surface area contributed by atoms with Crippen LogP contribution in [0.15, 0.2) is 53.7 Å². The molecule has 35 heavy (non-hydrogen) atoms. The number of aliphatic imine (C=N–C) groups is 1. The highest BCUT2D eigenvalue weighted by molar-refractivity contribution is 5.93. The molecule has 1 atom stereocenters. The lowest BCUT2D eigenvalue weighted by atomic mass is 9.98. The van der Waals surface area contributed by atoms with Gasteiger partial charge in [0.05, 0.1) is 5.52 Å². The van der Waals surface area contributed by atoms with Gasteiger partial charge in [-0.15, -0.1) is 0 Å². The number of pyridine rings is 1. The first kappa shape index (κ1) is 22.4. The molecule has 0 saturated heterocycles. The van der Waals surface area contributed by atoms with Crippen LogP contribution in [0.25, 0.3) is 22.2 Å². The number of nitrogens with zero attached hydrogens (tertiary/aromatic N) is 4. The number of aromatic nitrogens is 3. The number of hydrogen-bond donors (Lipinski definition) is 2. The molecular weight excluding hydrogens is 446 g/mol. The van der Waals surface area contributed by atoms with Crippen LogP contribution >= 0.6 is 0 Å². The van der Waals surface area contributed by atoms with Crippen molar-refractivity contribution in [2.24, 2.45) is 12.0 Å². The number of ether oxygens (including phenoxy) is 2. The van der Waals surface area contributed by atoms with E-state index >= 15 is 0 Å². The SMILES string of the molecule is Cc1c(Nc2nn(C)c3cc(C=N[C@H](C)C(=O)O)cnc23)cccc1-c1ccc2c(c1)OCCO2. The zero-order valence-electron chi connectivity index (χ0n) is 19.6. The summed E-state index contributed by atoms with van der Waals surface area (Å²) in [6.45, 7) is 4.69. The molecule has 0 spiro atoms. The van der Waals surface area contributed by atoms with E-state index in [0.717, 1.165) is 39.4 Å². The lowest BCUT2D eigenvalue weighted by molar-refractivity contribution is -0.137. The summed E-state index contributed by atoms with van der Waals surface area (Å²) in [6.07, 6.45) is 3.18. The Kier molecular flexibility index (Phi) is 5.82. The second-order valence-electron chi connectivity index (χ2n) is 8.36. The van der Waals surface area contributed by atoms with Gasteiger partial charge in [-0.1, -0.05) is 18.2 Å². The first-order valence-electron chi connectivity index (χ1n) is 11.3. The third-order valence-electron chi connectivity index (χ3n) is 5.96. The lowest BCUT2D eigenvalue weighted by Crippen LogP contribution is -2.15. The fourth-order valence-corrected chi connectivity index (χ4v) is 3.99. The Morgan fingerprint density at radius 1 is 1.20 bits per heavy atom. The van der Waals surface area contributed by atoms with Crippen LogP contribution in [0.1, 0.15) is 18.1 Å². The minimum atomic E-state index is -0.976. The normalized spacial score (nSPS) is 13.8. The molecule has 2 aromatic carbocycles. The molecule has 5 rings (SSSR count). The highest BCUT2D eigenvalue weighted by Gasteiger charge is 2.16. The highest BCUT2D eigenvalue weighted by atomic mass is 16.6. The third-order valence-corrected chi connectivity index (χ3v) is 5.96. The summed E-state index contributed by atoms with van der Waals surface area (Å²) in [5, 5.41) is 17.1. The first-order chi connectivity index (χ1) is 16.9. The van der Waals surface area contributed by atoms with E-state index in [1.54, 1.807) is 10.9 Å². The molecule has 0 aliphatic carbocycles. The number of carbonyl (C=O) groups is 1. The van der Waals surface area contributed by atoms with Gasteiger partial charge in [-0.3, -0.25) is 9.67 Å². The van der Waals surface area contributed by atoms with Gasteiger partial charge in [-0.25, -0.2) is 9.78 Å². The van der Waals surface area contributed by atoms with Crippen LogP contribution < -0.4 is 14.8 Å². The fraction of sp³-hybridized carbons (Fsp3) is 0.231. The number of carboxylic acids is 1. The average Bonchev–Trinajstić information content (AvgIpc) is 3.17. The molecule has 0 fully saturated rings. The number of fused-ring (bicyclic) bond motifs is 2. The van der Waals surface area contributed by atoms with E-state index in [9.17, 15) is 4.79 Å². The lowest BCUT2D eigenvalue weighted by Gasteiger charge is -2.19. The number of hydrogen-bond acceptors (Lipinski definition) is 7. The van der Waals surface area contributed by atoms with E-state index in [0.29, 0.717) is 30.1 Å². The Bertz CT molecular complexity index is 1460. The zero-order chi connectivity index (χ0) is 24.5. The maximum absolute atomic E-state index is 11.0. The number of benzene rings is 2. The van der Waals surface area contributed by atoms with Crippen LogP contribution in [-0.4, -0.2) is 51.3 Å². The van der Waals surface area contributed by atoms with Crippen molar-refractivity contribution in [2.45, 2.75) is 19.9 Å². The molecule has 9 heteroatoms. The van der Waals surface area contributed by atoms with E-state index in [1.807, 2.05) is 43.4 Å². The number of aliphatic carboxylic acids is 1. The van der Waals surface area contributed by atoms with Crippen molar-refractivity contribution in [1.82, 2.24) is 14.8 Å². The zero-order valence-corrected chi connectivity index (χ0v) is 19.6. The van der Waals surface area contributed by atoms with Crippen LogP contribution in [0.3, 0.4) is 0 Å². The molecule has 1 aliphatic heterocycles. The van der Waals surface area contributed by atoms with Crippen molar-refractivity contribution in [2.75, 3.05) is 18.5 Å². The third kappa shape index (κ3) is 4.40. The Hall–Kier alpha value is -4.40. The average molecular weight is 472 g/mol. The summed E-state index contributed by atoms with van der Waals surface area (Å²) in [7, 11) is 1.84. The van der Waals surface area contributed by atoms with E-state index in [4.69, 9.17) is 14.6 Å². The first-order valence-corrected chi connectivity index (χ1v) is 11.3. The molecule has 9 nitrogen and oxygen atoms in total. The van der Waals surface area contributed by atoms with Gasteiger partial charge < -0.3 is 19.9 Å². The molecule has 0 unspecified atom stereocenters. The van der Waals surface area contributed by atoms with Crippen molar-refractivity contribution < 1.29 is 19.4 Å². The summed E-state index contributed by atoms with van der Waals surface area (Å²) in [6, 6.07) is 13.1. The number of anilines is 2. The molecule has 0 saturated carbocycles. The van der Waals surface area contributed by atoms with Gasteiger partial charge in [-0.05, 0) is 54.8 Å². The fourth-order valence-electron chi connectivity index (χ4n) is 3.99. The molecule has 2 aromatic heterocycles. The van der Waals surface area contributed by atoms with E-state index < -0.39 is 12.0 Å². The molecule has 3 heterocycles. The Balaban J connectivity index is 1.45. The topological polar surface area (TPSA) is 111 Å². The largest absolute Gasteiger partial charge is 0.486 e. The van der Waals surface area contributed by atoms with Crippen molar-refractivity contribution in [3.05, 3.63) is 59.8 Å². The van der Waals surface area contributed by atoms with Crippen LogP contribution in [0.5, 0.6) is 11.5 Å². The second-order valence-corrected chi connectivity index (χ2v) is 8.36. The Morgan fingerprint density at radius 3 is 2.80 bits per heavy atom. The minimum absolute atomic E-state index is 0.545. The Labute approximate surface area is 202 Å². The van der Waals surface area contributed by atoms with Gasteiger partial charge in [0.1, 0.15) is 24.8 Å². The summed E-state index contributed by atoms with van der Waals surface area (Å²) in [5.74, 6) is 1.17. The number of nitrogens with one attached hydrogen (secondary N) is 1. The van der Waals surface area contributed by atoms with Crippen molar-refractivity contribution in [3.63, 3.8) is 0 Å². The summed E-state index contributed by atoms with van der Waals surface area (Å²) in [4.78, 5) is 19.6. The molecular formula is C26H25N5O4. The van der Waals surface area contributed by atoms with Gasteiger partial charge in [0.2, 0.25) is 0 Å². The molecule has 0 amide bonds. The van der Waals surface area contributed by atoms with Crippen LogP contribution in [0.4, 0.5) is 11.5 Å². The van der Waals surface area contributed by atoms with Crippen molar-refractivity contribution >= 4 is 34.7 Å². The summed E-state index contributed by atoms with van der Waals surface area (Å²) < 4.78 is 13.1. The van der Waals surface area contributed by atoms with Gasteiger partial charge in [0, 0.05) is 30.7 Å². The summed E-state index contributed by atoms with van der Waals surface area (Å²) >= 11 is 0. The van der Waals surface area contributed by atoms with Gasteiger partial charge >= 0.3 is 5.97 Å². The summed E-state index contributed by atoms with van der Waals surface area (Å²) in [5.41, 5.74) is 6.32. The maximum Gasteiger partial charge on any atom is 0.328 e. The molecule has 178 valence electrons. The van der Waals surface area contributed by atoms with Crippen LogP contribution in [0.2, 0.25) is 0 Å². The Morgan fingerprint density at radius 2 is 2.00 bits per heavy atom. The van der Waals surface area contributed by atoms with Crippen molar-refractivity contribution in [1.29, 1.82) is 0 Å². The standard InChI is InChI=1S/C26H25N5O4/c1-15-19(18-7-8-22-23(12-18)35-10-9-34-22)5-4-6-20(15)29-25-24-21(31(3)30-25)11-17(14-28-24)13-27-16(2)26(32)33/h4-8,11-14,16H,9-10H2,1-3H3,(H,29,30)(H,32,33)/t16-/m1/s1. The van der Waals surface area contributed by atoms with Gasteiger partial charge in [-0.2, -0.15) is 5.10 Å². The number of carboxylic acid groups (broad SMARTS) is 1. The van der Waals surface area contributed by atoms with E-state index in [1.165, 1.54) is 13.1 Å². The van der Waals surface area contributed by atoms with Crippen LogP contribution in [-0.2, 0) is 11.8 Å². The maximum atomic E-state index is 11.0.